The number of ether oxygens (including phenoxy) is 2. The molecule has 5 heterocycles. The zero-order valence-corrected chi connectivity index (χ0v) is 22.7. The van der Waals surface area contributed by atoms with Crippen LogP contribution in [0.1, 0.15) is 54.1 Å². The number of hydrogen-bond donors (Lipinski definition) is 2. The van der Waals surface area contributed by atoms with Crippen molar-refractivity contribution >= 4 is 17.4 Å². The molecule has 1 fully saturated rings. The van der Waals surface area contributed by atoms with Crippen LogP contribution in [-0.2, 0) is 11.3 Å². The maximum Gasteiger partial charge on any atom is 0.268 e. The van der Waals surface area contributed by atoms with Gasteiger partial charge >= 0.3 is 0 Å². The fourth-order valence-corrected chi connectivity index (χ4v) is 4.69. The van der Waals surface area contributed by atoms with Crippen molar-refractivity contribution in [3.05, 3.63) is 69.9 Å². The second kappa shape index (κ2) is 11.2. The lowest BCUT2D eigenvalue weighted by atomic mass is 10.0. The van der Waals surface area contributed by atoms with Crippen molar-refractivity contribution < 1.29 is 14.3 Å². The zero-order chi connectivity index (χ0) is 27.5. The average molecular weight is 532 g/mol. The van der Waals surface area contributed by atoms with Crippen molar-refractivity contribution in [1.29, 1.82) is 0 Å². The number of anilines is 1. The lowest BCUT2D eigenvalue weighted by Crippen LogP contribution is -2.37. The number of hydrogen-bond acceptors (Lipinski definition) is 8. The third kappa shape index (κ3) is 5.49. The van der Waals surface area contributed by atoms with Gasteiger partial charge in [-0.25, -0.2) is 15.0 Å². The summed E-state index contributed by atoms with van der Waals surface area (Å²) in [6.45, 7) is 11.0. The molecule has 4 aromatic heterocycles. The number of morpholine rings is 1. The van der Waals surface area contributed by atoms with E-state index in [1.807, 2.05) is 13.0 Å². The Balaban J connectivity index is 1.48. The van der Waals surface area contributed by atoms with Crippen molar-refractivity contribution in [1.82, 2.24) is 29.7 Å². The van der Waals surface area contributed by atoms with E-state index in [2.05, 4.69) is 44.0 Å². The van der Waals surface area contributed by atoms with Gasteiger partial charge in [0.05, 0.1) is 43.1 Å². The Morgan fingerprint density at radius 1 is 1.13 bits per heavy atom. The Bertz CT molecular complexity index is 1540. The predicted molar refractivity (Wildman–Crippen MR) is 147 cm³/mol. The van der Waals surface area contributed by atoms with Crippen LogP contribution in [0, 0.1) is 6.92 Å². The highest BCUT2D eigenvalue weighted by Crippen LogP contribution is 2.28. The Kier molecular flexibility index (Phi) is 7.60. The van der Waals surface area contributed by atoms with Crippen LogP contribution in [-0.4, -0.2) is 63.2 Å². The standard InChI is InChI=1S/C28H33N7O4/c1-5-39-24-10-18(4)33-26(36)21(24)15-29-27(37)23-12-19(11-22-25(17(2)3)32-16-35(22)23)20-13-30-28(31-14-20)34-6-8-38-9-7-34/h10-14,16-17H,5-9,15H2,1-4H3,(H,29,37)(H,33,36). The number of rotatable bonds is 8. The number of aryl methyl sites for hydroxylation is 1. The topological polar surface area (TPSA) is 127 Å². The van der Waals surface area contributed by atoms with Crippen LogP contribution in [0.3, 0.4) is 0 Å². The molecule has 0 spiro atoms. The summed E-state index contributed by atoms with van der Waals surface area (Å²) in [5.74, 6) is 0.922. The van der Waals surface area contributed by atoms with Crippen molar-refractivity contribution in [3.63, 3.8) is 0 Å². The van der Waals surface area contributed by atoms with Crippen LogP contribution in [0.2, 0.25) is 0 Å². The van der Waals surface area contributed by atoms with Crippen molar-refractivity contribution in [3.8, 4) is 16.9 Å². The number of amides is 1. The lowest BCUT2D eigenvalue weighted by molar-refractivity contribution is 0.0944. The number of carbonyl (C=O) groups is 1. The summed E-state index contributed by atoms with van der Waals surface area (Å²) >= 11 is 0. The summed E-state index contributed by atoms with van der Waals surface area (Å²) < 4.78 is 12.9. The Morgan fingerprint density at radius 3 is 2.56 bits per heavy atom. The smallest absolute Gasteiger partial charge is 0.268 e. The monoisotopic (exact) mass is 531 g/mol. The normalized spacial score (nSPS) is 13.7. The number of nitrogens with zero attached hydrogens (tertiary/aromatic N) is 5. The molecule has 5 rings (SSSR count). The van der Waals surface area contributed by atoms with E-state index in [0.717, 1.165) is 35.4 Å². The number of aromatic nitrogens is 5. The fraction of sp³-hybridized carbons (Fsp3) is 0.393. The van der Waals surface area contributed by atoms with E-state index in [4.69, 9.17) is 9.47 Å². The first-order valence-electron chi connectivity index (χ1n) is 13.2. The number of pyridine rings is 2. The van der Waals surface area contributed by atoms with Gasteiger partial charge in [-0.15, -0.1) is 0 Å². The number of aromatic amines is 1. The maximum atomic E-state index is 13.5. The minimum absolute atomic E-state index is 0.0125. The molecule has 0 atom stereocenters. The minimum Gasteiger partial charge on any atom is -0.493 e. The Hall–Kier alpha value is -4.25. The van der Waals surface area contributed by atoms with E-state index in [1.54, 1.807) is 42.2 Å². The molecule has 0 aliphatic carbocycles. The first-order chi connectivity index (χ1) is 18.9. The van der Waals surface area contributed by atoms with Crippen LogP contribution in [0.4, 0.5) is 5.95 Å². The molecule has 1 aliphatic heterocycles. The second-order valence-electron chi connectivity index (χ2n) is 9.78. The highest BCUT2D eigenvalue weighted by atomic mass is 16.5. The van der Waals surface area contributed by atoms with Crippen molar-refractivity contribution in [2.24, 2.45) is 0 Å². The number of nitrogens with one attached hydrogen (secondary N) is 2. The van der Waals surface area contributed by atoms with Gasteiger partial charge in [0.2, 0.25) is 5.95 Å². The number of carbonyl (C=O) groups excluding carboxylic acids is 1. The molecular formula is C28H33N7O4. The van der Waals surface area contributed by atoms with Crippen LogP contribution >= 0.6 is 0 Å². The van der Waals surface area contributed by atoms with Gasteiger partial charge in [0.25, 0.3) is 11.5 Å². The van der Waals surface area contributed by atoms with Crippen LogP contribution < -0.4 is 20.5 Å². The maximum absolute atomic E-state index is 13.5. The summed E-state index contributed by atoms with van der Waals surface area (Å²) in [4.78, 5) is 44.8. The van der Waals surface area contributed by atoms with Crippen molar-refractivity contribution in [2.75, 3.05) is 37.8 Å². The van der Waals surface area contributed by atoms with E-state index in [-0.39, 0.29) is 23.9 Å². The van der Waals surface area contributed by atoms with Gasteiger partial charge < -0.3 is 24.7 Å². The number of imidazole rings is 1. The largest absolute Gasteiger partial charge is 0.493 e. The zero-order valence-electron chi connectivity index (χ0n) is 22.7. The van der Waals surface area contributed by atoms with Gasteiger partial charge in [-0.1, -0.05) is 13.8 Å². The minimum atomic E-state index is -0.345. The molecule has 0 aromatic carbocycles. The SMILES string of the molecule is CCOc1cc(C)[nH]c(=O)c1CNC(=O)c1cc(-c2cnc(N3CCOCC3)nc2)cc2c(C(C)C)ncn12. The summed E-state index contributed by atoms with van der Waals surface area (Å²) in [7, 11) is 0. The summed E-state index contributed by atoms with van der Waals surface area (Å²) in [5.41, 5.74) is 4.44. The summed E-state index contributed by atoms with van der Waals surface area (Å²) in [6, 6.07) is 5.56. The van der Waals surface area contributed by atoms with Gasteiger partial charge in [-0.05, 0) is 43.5 Å². The third-order valence-corrected chi connectivity index (χ3v) is 6.68. The van der Waals surface area contributed by atoms with Gasteiger partial charge in [0.15, 0.2) is 0 Å². The molecule has 39 heavy (non-hydrogen) atoms. The van der Waals surface area contributed by atoms with Crippen LogP contribution in [0.15, 0.2) is 41.7 Å². The van der Waals surface area contributed by atoms with Crippen LogP contribution in [0.5, 0.6) is 5.75 Å². The van der Waals surface area contributed by atoms with E-state index in [0.29, 0.717) is 48.5 Å². The van der Waals surface area contributed by atoms with E-state index in [9.17, 15) is 9.59 Å². The molecule has 2 N–H and O–H groups in total. The van der Waals surface area contributed by atoms with Crippen LogP contribution in [0.25, 0.3) is 16.6 Å². The average Bonchev–Trinajstić information content (AvgIpc) is 3.37. The molecule has 11 heteroatoms. The molecule has 0 bridgehead atoms. The lowest BCUT2D eigenvalue weighted by Gasteiger charge is -2.26. The first kappa shape index (κ1) is 26.4. The van der Waals surface area contributed by atoms with Gasteiger partial charge in [-0.2, -0.15) is 0 Å². The number of fused-ring (bicyclic) bond motifs is 1. The van der Waals surface area contributed by atoms with E-state index >= 15 is 0 Å². The molecule has 204 valence electrons. The molecule has 0 radical (unpaired) electrons. The van der Waals surface area contributed by atoms with Crippen molar-refractivity contribution in [2.45, 2.75) is 40.2 Å². The molecule has 1 saturated heterocycles. The Labute approximate surface area is 226 Å². The molecule has 1 aliphatic rings. The predicted octanol–water partition coefficient (Wildman–Crippen LogP) is 3.08. The molecule has 11 nitrogen and oxygen atoms in total. The molecular weight excluding hydrogens is 498 g/mol. The van der Waals surface area contributed by atoms with Gasteiger partial charge in [0, 0.05) is 36.7 Å². The quantitative estimate of drug-likeness (QED) is 0.355. The van der Waals surface area contributed by atoms with Gasteiger partial charge in [0.1, 0.15) is 17.8 Å². The molecule has 0 unspecified atom stereocenters. The molecule has 0 saturated carbocycles. The Morgan fingerprint density at radius 2 is 1.87 bits per heavy atom. The highest BCUT2D eigenvalue weighted by molar-refractivity contribution is 5.95. The summed E-state index contributed by atoms with van der Waals surface area (Å²) in [5, 5.41) is 2.90. The number of H-pyrrole nitrogens is 1. The summed E-state index contributed by atoms with van der Waals surface area (Å²) in [6.07, 6.45) is 5.21. The van der Waals surface area contributed by atoms with E-state index < -0.39 is 0 Å². The molecule has 4 aromatic rings. The molecule has 1 amide bonds. The highest BCUT2D eigenvalue weighted by Gasteiger charge is 2.20. The third-order valence-electron chi connectivity index (χ3n) is 6.68. The first-order valence-corrected chi connectivity index (χ1v) is 13.2. The fourth-order valence-electron chi connectivity index (χ4n) is 4.69. The second-order valence-corrected chi connectivity index (χ2v) is 9.78. The van der Waals surface area contributed by atoms with Gasteiger partial charge in [-0.3, -0.25) is 14.0 Å². The van der Waals surface area contributed by atoms with E-state index in [1.165, 1.54) is 0 Å².